The summed E-state index contributed by atoms with van der Waals surface area (Å²) in [6, 6.07) is 0. The first kappa shape index (κ1) is 9.36. The zero-order chi connectivity index (χ0) is 10.3. The lowest BCUT2D eigenvalue weighted by Crippen LogP contribution is -2.47. The second-order valence-electron chi connectivity index (χ2n) is 4.67. The van der Waals surface area contributed by atoms with E-state index in [2.05, 4.69) is 22.4 Å². The highest BCUT2D eigenvalue weighted by atomic mass is 16.5. The van der Waals surface area contributed by atoms with Gasteiger partial charge >= 0.3 is 0 Å². The van der Waals surface area contributed by atoms with Crippen LogP contribution in [0.1, 0.15) is 29.8 Å². The molecule has 15 heavy (non-hydrogen) atoms. The van der Waals surface area contributed by atoms with E-state index >= 15 is 0 Å². The molecule has 1 aromatic heterocycles. The Kier molecular flexibility index (Phi) is 2.07. The van der Waals surface area contributed by atoms with Crippen molar-refractivity contribution in [3.63, 3.8) is 0 Å². The summed E-state index contributed by atoms with van der Waals surface area (Å²) in [5, 5.41) is 10.8. The quantitative estimate of drug-likeness (QED) is 0.665. The van der Waals surface area contributed by atoms with Gasteiger partial charge in [0.25, 0.3) is 0 Å². The van der Waals surface area contributed by atoms with Gasteiger partial charge in [-0.15, -0.1) is 0 Å². The van der Waals surface area contributed by atoms with Gasteiger partial charge in [0.05, 0.1) is 17.9 Å². The van der Waals surface area contributed by atoms with Gasteiger partial charge < -0.3 is 10.1 Å². The summed E-state index contributed by atoms with van der Waals surface area (Å²) < 4.78 is 6.07. The van der Waals surface area contributed by atoms with E-state index in [-0.39, 0.29) is 5.60 Å². The minimum Gasteiger partial charge on any atom is -0.370 e. The Labute approximate surface area is 89.4 Å². The first-order chi connectivity index (χ1) is 7.29. The van der Waals surface area contributed by atoms with Crippen LogP contribution in [0.3, 0.4) is 0 Å². The lowest BCUT2D eigenvalue weighted by Gasteiger charge is -2.40. The Hall–Kier alpha value is -0.870. The van der Waals surface area contributed by atoms with Crippen LogP contribution in [0.5, 0.6) is 0 Å². The fourth-order valence-corrected chi connectivity index (χ4v) is 2.63. The molecule has 1 fully saturated rings. The van der Waals surface area contributed by atoms with Crippen LogP contribution in [0.25, 0.3) is 0 Å². The van der Waals surface area contributed by atoms with Crippen LogP contribution in [0.15, 0.2) is 0 Å². The van der Waals surface area contributed by atoms with E-state index in [0.717, 1.165) is 44.7 Å². The van der Waals surface area contributed by atoms with Crippen LogP contribution in [-0.4, -0.2) is 28.9 Å². The van der Waals surface area contributed by atoms with Gasteiger partial charge in [0, 0.05) is 17.7 Å². The van der Waals surface area contributed by atoms with E-state index in [9.17, 15) is 0 Å². The molecule has 2 aliphatic rings. The van der Waals surface area contributed by atoms with Crippen LogP contribution < -0.4 is 5.32 Å². The molecule has 0 saturated carbocycles. The lowest BCUT2D eigenvalue weighted by atomic mass is 9.84. The molecule has 0 amide bonds. The molecular formula is C11H17N3O. The number of hydrogen-bond acceptors (Lipinski definition) is 3. The fourth-order valence-electron chi connectivity index (χ4n) is 2.63. The van der Waals surface area contributed by atoms with Crippen LogP contribution in [0, 0.1) is 6.92 Å². The molecule has 2 aliphatic heterocycles. The van der Waals surface area contributed by atoms with Crippen molar-refractivity contribution in [2.45, 2.75) is 38.4 Å². The minimum atomic E-state index is 0.0693. The number of aromatic nitrogens is 2. The number of nitrogens with one attached hydrogen (secondary N) is 2. The second kappa shape index (κ2) is 3.32. The molecule has 4 nitrogen and oxygen atoms in total. The van der Waals surface area contributed by atoms with E-state index in [4.69, 9.17) is 4.74 Å². The van der Waals surface area contributed by atoms with E-state index in [0.29, 0.717) is 0 Å². The molecule has 1 aromatic rings. The van der Waals surface area contributed by atoms with Gasteiger partial charge in [-0.05, 0) is 32.9 Å². The third-order valence-electron chi connectivity index (χ3n) is 3.69. The first-order valence-corrected chi connectivity index (χ1v) is 5.66. The van der Waals surface area contributed by atoms with Gasteiger partial charge in [-0.2, -0.15) is 5.10 Å². The van der Waals surface area contributed by atoms with Crippen molar-refractivity contribution in [3.8, 4) is 0 Å². The fraction of sp³-hybridized carbons (Fsp3) is 0.727. The smallest absolute Gasteiger partial charge is 0.0767 e. The second-order valence-corrected chi connectivity index (χ2v) is 4.67. The van der Waals surface area contributed by atoms with Crippen LogP contribution >= 0.6 is 0 Å². The summed E-state index contributed by atoms with van der Waals surface area (Å²) in [5.74, 6) is 0. The molecule has 0 aromatic carbocycles. The molecule has 0 bridgehead atoms. The van der Waals surface area contributed by atoms with Crippen LogP contribution in [0.2, 0.25) is 0 Å². The topological polar surface area (TPSA) is 49.9 Å². The number of aryl methyl sites for hydroxylation is 1. The van der Waals surface area contributed by atoms with Crippen LogP contribution in [-0.2, 0) is 17.8 Å². The summed E-state index contributed by atoms with van der Waals surface area (Å²) >= 11 is 0. The van der Waals surface area contributed by atoms with Crippen molar-refractivity contribution in [2.75, 3.05) is 13.1 Å². The summed E-state index contributed by atoms with van der Waals surface area (Å²) in [6.07, 6.45) is 3.20. The van der Waals surface area contributed by atoms with Gasteiger partial charge in [0.1, 0.15) is 0 Å². The number of piperidine rings is 1. The third kappa shape index (κ3) is 1.48. The van der Waals surface area contributed by atoms with Crippen LogP contribution in [0.4, 0.5) is 0 Å². The van der Waals surface area contributed by atoms with E-state index in [1.165, 1.54) is 11.3 Å². The van der Waals surface area contributed by atoms with Crippen molar-refractivity contribution in [1.82, 2.24) is 15.5 Å². The average molecular weight is 207 g/mol. The zero-order valence-corrected chi connectivity index (χ0v) is 9.10. The molecule has 3 rings (SSSR count). The number of rotatable bonds is 0. The Bertz CT molecular complexity index is 366. The molecule has 0 aliphatic carbocycles. The highest BCUT2D eigenvalue weighted by molar-refractivity contribution is 5.27. The molecule has 0 unspecified atom stereocenters. The maximum absolute atomic E-state index is 6.07. The maximum Gasteiger partial charge on any atom is 0.0767 e. The van der Waals surface area contributed by atoms with E-state index in [1.54, 1.807) is 0 Å². The summed E-state index contributed by atoms with van der Waals surface area (Å²) in [6.45, 7) is 4.94. The Morgan fingerprint density at radius 1 is 1.33 bits per heavy atom. The van der Waals surface area contributed by atoms with Gasteiger partial charge in [0.2, 0.25) is 0 Å². The highest BCUT2D eigenvalue weighted by Gasteiger charge is 2.38. The molecule has 0 radical (unpaired) electrons. The summed E-state index contributed by atoms with van der Waals surface area (Å²) in [7, 11) is 0. The molecule has 82 valence electrons. The molecular weight excluding hydrogens is 190 g/mol. The predicted octanol–water partition coefficient (Wildman–Crippen LogP) is 0.913. The predicted molar refractivity (Wildman–Crippen MR) is 56.7 cm³/mol. The average Bonchev–Trinajstić information content (AvgIpc) is 2.61. The number of nitrogens with zero attached hydrogens (tertiary/aromatic N) is 1. The number of aromatic amines is 1. The SMILES string of the molecule is Cc1[nH]nc2c1COC1(CCNCC1)C2. The standard InChI is InChI=1S/C11H17N3O/c1-8-9-7-15-11(2-4-12-5-3-11)6-10(9)14-13-8/h12H,2-7H2,1H3,(H,13,14). The van der Waals surface area contributed by atoms with Crippen molar-refractivity contribution >= 4 is 0 Å². The summed E-state index contributed by atoms with van der Waals surface area (Å²) in [5.41, 5.74) is 3.73. The largest absolute Gasteiger partial charge is 0.370 e. The Balaban J connectivity index is 1.87. The maximum atomic E-state index is 6.07. The van der Waals surface area contributed by atoms with E-state index < -0.39 is 0 Å². The zero-order valence-electron chi connectivity index (χ0n) is 9.10. The van der Waals surface area contributed by atoms with Gasteiger partial charge in [-0.1, -0.05) is 0 Å². The molecule has 0 atom stereocenters. The Morgan fingerprint density at radius 2 is 2.13 bits per heavy atom. The number of ether oxygens (including phenoxy) is 1. The number of fused-ring (bicyclic) bond motifs is 1. The van der Waals surface area contributed by atoms with Crippen molar-refractivity contribution < 1.29 is 4.74 Å². The van der Waals surface area contributed by atoms with Gasteiger partial charge in [-0.25, -0.2) is 0 Å². The number of hydrogen-bond donors (Lipinski definition) is 2. The van der Waals surface area contributed by atoms with Crippen molar-refractivity contribution in [3.05, 3.63) is 17.0 Å². The lowest BCUT2D eigenvalue weighted by molar-refractivity contribution is -0.0862. The molecule has 1 spiro atoms. The van der Waals surface area contributed by atoms with Gasteiger partial charge in [0.15, 0.2) is 0 Å². The molecule has 4 heteroatoms. The minimum absolute atomic E-state index is 0.0693. The Morgan fingerprint density at radius 3 is 2.93 bits per heavy atom. The summed E-state index contributed by atoms with van der Waals surface area (Å²) in [4.78, 5) is 0. The van der Waals surface area contributed by atoms with Gasteiger partial charge in [-0.3, -0.25) is 5.10 Å². The number of H-pyrrole nitrogens is 1. The first-order valence-electron chi connectivity index (χ1n) is 5.66. The van der Waals surface area contributed by atoms with Crippen molar-refractivity contribution in [1.29, 1.82) is 0 Å². The van der Waals surface area contributed by atoms with Crippen molar-refractivity contribution in [2.24, 2.45) is 0 Å². The monoisotopic (exact) mass is 207 g/mol. The third-order valence-corrected chi connectivity index (χ3v) is 3.69. The normalized spacial score (nSPS) is 24.1. The highest BCUT2D eigenvalue weighted by Crippen LogP contribution is 2.34. The molecule has 3 heterocycles. The molecule has 1 saturated heterocycles. The van der Waals surface area contributed by atoms with E-state index in [1.807, 2.05) is 0 Å². The molecule has 2 N–H and O–H groups in total.